The van der Waals surface area contributed by atoms with Crippen molar-refractivity contribution in [3.8, 4) is 0 Å². The van der Waals surface area contributed by atoms with Crippen molar-refractivity contribution >= 4 is 23.8 Å². The summed E-state index contributed by atoms with van der Waals surface area (Å²) in [5, 5.41) is 5.09. The van der Waals surface area contributed by atoms with Crippen molar-refractivity contribution in [2.24, 2.45) is 5.73 Å². The lowest BCUT2D eigenvalue weighted by molar-refractivity contribution is -0.130. The van der Waals surface area contributed by atoms with Crippen molar-refractivity contribution < 1.29 is 18.8 Å². The fourth-order valence-electron chi connectivity index (χ4n) is 2.24. The standard InChI is InChI=1S/C19H21N3O4/c1-13(21-17(23)10-9-15-8-5-11-26-15)19(25)22-16(18(20)24)12-14-6-3-2-4-7-14/h2-11,13,16H,12H2,1H3,(H2,20,24)(H,21,23)(H,22,25)/b10-9+/t13-,16-/m0/s1. The minimum Gasteiger partial charge on any atom is -0.465 e. The van der Waals surface area contributed by atoms with Gasteiger partial charge < -0.3 is 20.8 Å². The summed E-state index contributed by atoms with van der Waals surface area (Å²) in [5.74, 6) is -1.07. The highest BCUT2D eigenvalue weighted by atomic mass is 16.3. The molecule has 0 bridgehead atoms. The molecular formula is C19H21N3O4. The average molecular weight is 355 g/mol. The number of benzene rings is 1. The second-order valence-electron chi connectivity index (χ2n) is 5.73. The Morgan fingerprint density at radius 1 is 1.12 bits per heavy atom. The average Bonchev–Trinajstić information content (AvgIpc) is 3.13. The smallest absolute Gasteiger partial charge is 0.244 e. The number of primary amides is 1. The maximum atomic E-state index is 12.2. The Labute approximate surface area is 151 Å². The highest BCUT2D eigenvalue weighted by Gasteiger charge is 2.22. The Kier molecular flexibility index (Phi) is 6.73. The number of amides is 3. The first-order valence-electron chi connectivity index (χ1n) is 8.11. The highest BCUT2D eigenvalue weighted by Crippen LogP contribution is 2.04. The Morgan fingerprint density at radius 2 is 1.85 bits per heavy atom. The Balaban J connectivity index is 1.89. The van der Waals surface area contributed by atoms with Gasteiger partial charge in [0, 0.05) is 12.5 Å². The van der Waals surface area contributed by atoms with E-state index in [-0.39, 0.29) is 6.42 Å². The minimum absolute atomic E-state index is 0.279. The van der Waals surface area contributed by atoms with E-state index in [1.54, 1.807) is 12.1 Å². The predicted octanol–water partition coefficient (Wildman–Crippen LogP) is 1.01. The number of carbonyl (C=O) groups is 3. The van der Waals surface area contributed by atoms with Crippen LogP contribution >= 0.6 is 0 Å². The Bertz CT molecular complexity index is 769. The van der Waals surface area contributed by atoms with Gasteiger partial charge in [-0.25, -0.2) is 0 Å². The van der Waals surface area contributed by atoms with Gasteiger partial charge in [0.15, 0.2) is 0 Å². The van der Waals surface area contributed by atoms with Gasteiger partial charge in [0.05, 0.1) is 6.26 Å². The molecule has 0 aliphatic carbocycles. The van der Waals surface area contributed by atoms with Crippen LogP contribution in [0.5, 0.6) is 0 Å². The summed E-state index contributed by atoms with van der Waals surface area (Å²) in [6, 6.07) is 10.9. The van der Waals surface area contributed by atoms with E-state index in [4.69, 9.17) is 10.2 Å². The predicted molar refractivity (Wildman–Crippen MR) is 96.6 cm³/mol. The SMILES string of the molecule is C[C@H](NC(=O)/C=C/c1ccco1)C(=O)N[C@@H](Cc1ccccc1)C(N)=O. The Hall–Kier alpha value is -3.35. The number of furan rings is 1. The molecular weight excluding hydrogens is 334 g/mol. The number of hydrogen-bond donors (Lipinski definition) is 3. The molecule has 7 heteroatoms. The fourth-order valence-corrected chi connectivity index (χ4v) is 2.24. The van der Waals surface area contributed by atoms with Crippen molar-refractivity contribution in [1.82, 2.24) is 10.6 Å². The van der Waals surface area contributed by atoms with E-state index >= 15 is 0 Å². The van der Waals surface area contributed by atoms with Crippen LogP contribution in [0.3, 0.4) is 0 Å². The maximum absolute atomic E-state index is 12.2. The summed E-state index contributed by atoms with van der Waals surface area (Å²) in [5.41, 5.74) is 6.24. The van der Waals surface area contributed by atoms with E-state index in [2.05, 4.69) is 10.6 Å². The third-order valence-corrected chi connectivity index (χ3v) is 3.64. The van der Waals surface area contributed by atoms with Crippen molar-refractivity contribution in [2.75, 3.05) is 0 Å². The third-order valence-electron chi connectivity index (χ3n) is 3.64. The second kappa shape index (κ2) is 9.22. The molecule has 7 nitrogen and oxygen atoms in total. The molecule has 0 radical (unpaired) electrons. The maximum Gasteiger partial charge on any atom is 0.244 e. The molecule has 1 aromatic carbocycles. The van der Waals surface area contributed by atoms with E-state index in [0.717, 1.165) is 5.56 Å². The number of nitrogens with one attached hydrogen (secondary N) is 2. The third kappa shape index (κ3) is 5.94. The zero-order valence-electron chi connectivity index (χ0n) is 14.3. The largest absolute Gasteiger partial charge is 0.465 e. The van der Waals surface area contributed by atoms with Crippen molar-refractivity contribution in [1.29, 1.82) is 0 Å². The van der Waals surface area contributed by atoms with Crippen LogP contribution < -0.4 is 16.4 Å². The lowest BCUT2D eigenvalue weighted by atomic mass is 10.1. The normalized spacial score (nSPS) is 13.1. The quantitative estimate of drug-likeness (QED) is 0.613. The summed E-state index contributed by atoms with van der Waals surface area (Å²) in [6.45, 7) is 1.52. The summed E-state index contributed by atoms with van der Waals surface area (Å²) < 4.78 is 5.07. The molecule has 0 saturated carbocycles. The zero-order valence-corrected chi connectivity index (χ0v) is 14.3. The van der Waals surface area contributed by atoms with Gasteiger partial charge in [0.25, 0.3) is 0 Å². The van der Waals surface area contributed by atoms with Crippen molar-refractivity contribution in [3.63, 3.8) is 0 Å². The molecule has 3 amide bonds. The molecule has 0 aliphatic rings. The van der Waals surface area contributed by atoms with Gasteiger partial charge in [-0.3, -0.25) is 14.4 Å². The molecule has 2 aromatic rings. The summed E-state index contributed by atoms with van der Waals surface area (Å²) in [7, 11) is 0. The van der Waals surface area contributed by atoms with Gasteiger partial charge >= 0.3 is 0 Å². The van der Waals surface area contributed by atoms with E-state index < -0.39 is 29.8 Å². The van der Waals surface area contributed by atoms with Crippen molar-refractivity contribution in [2.45, 2.75) is 25.4 Å². The van der Waals surface area contributed by atoms with Crippen molar-refractivity contribution in [3.05, 3.63) is 66.1 Å². The highest BCUT2D eigenvalue weighted by molar-refractivity contribution is 5.96. The number of carbonyl (C=O) groups excluding carboxylic acids is 3. The van der Waals surface area contributed by atoms with Gasteiger partial charge in [-0.05, 0) is 30.7 Å². The molecule has 0 aliphatic heterocycles. The van der Waals surface area contributed by atoms with Crippen LogP contribution in [0.15, 0.2) is 59.2 Å². The van der Waals surface area contributed by atoms with Gasteiger partial charge in [-0.2, -0.15) is 0 Å². The van der Waals surface area contributed by atoms with Crippen LogP contribution in [0.2, 0.25) is 0 Å². The molecule has 26 heavy (non-hydrogen) atoms. The number of hydrogen-bond acceptors (Lipinski definition) is 4. The van der Waals surface area contributed by atoms with Crippen LogP contribution in [0.1, 0.15) is 18.2 Å². The molecule has 0 fully saturated rings. The molecule has 1 heterocycles. The van der Waals surface area contributed by atoms with Crippen LogP contribution in [-0.2, 0) is 20.8 Å². The molecule has 0 unspecified atom stereocenters. The molecule has 0 saturated heterocycles. The molecule has 136 valence electrons. The first kappa shape index (κ1) is 19.0. The topological polar surface area (TPSA) is 114 Å². The first-order valence-corrected chi connectivity index (χ1v) is 8.11. The summed E-state index contributed by atoms with van der Waals surface area (Å²) in [6.07, 6.45) is 4.52. The van der Waals surface area contributed by atoms with Gasteiger partial charge in [-0.1, -0.05) is 30.3 Å². The minimum atomic E-state index is -0.858. The van der Waals surface area contributed by atoms with E-state index in [9.17, 15) is 14.4 Å². The first-order chi connectivity index (χ1) is 12.5. The lowest BCUT2D eigenvalue weighted by Gasteiger charge is -2.19. The number of nitrogens with two attached hydrogens (primary N) is 1. The van der Waals surface area contributed by atoms with E-state index in [1.165, 1.54) is 25.3 Å². The van der Waals surface area contributed by atoms with Crippen LogP contribution in [0, 0.1) is 0 Å². The molecule has 2 atom stereocenters. The molecule has 2 rings (SSSR count). The zero-order chi connectivity index (χ0) is 18.9. The fraction of sp³-hybridized carbons (Fsp3) is 0.211. The summed E-state index contributed by atoms with van der Waals surface area (Å²) in [4.78, 5) is 35.7. The number of rotatable bonds is 8. The lowest BCUT2D eigenvalue weighted by Crippen LogP contribution is -2.52. The monoisotopic (exact) mass is 355 g/mol. The molecule has 1 aromatic heterocycles. The van der Waals surface area contributed by atoms with Crippen LogP contribution in [0.25, 0.3) is 6.08 Å². The van der Waals surface area contributed by atoms with Gasteiger partial charge in [-0.15, -0.1) is 0 Å². The van der Waals surface area contributed by atoms with E-state index in [1.807, 2.05) is 30.3 Å². The Morgan fingerprint density at radius 3 is 2.46 bits per heavy atom. The summed E-state index contributed by atoms with van der Waals surface area (Å²) >= 11 is 0. The van der Waals surface area contributed by atoms with Gasteiger partial charge in [0.1, 0.15) is 17.8 Å². The van der Waals surface area contributed by atoms with Crippen LogP contribution in [0.4, 0.5) is 0 Å². The molecule has 0 spiro atoms. The van der Waals surface area contributed by atoms with Gasteiger partial charge in [0.2, 0.25) is 17.7 Å². The van der Waals surface area contributed by atoms with E-state index in [0.29, 0.717) is 5.76 Å². The van der Waals surface area contributed by atoms with Crippen LogP contribution in [-0.4, -0.2) is 29.8 Å². The molecule has 4 N–H and O–H groups in total. The second-order valence-corrected chi connectivity index (χ2v) is 5.73.